The lowest BCUT2D eigenvalue weighted by molar-refractivity contribution is -0.128. The molecule has 1 fully saturated rings. The van der Waals surface area contributed by atoms with Crippen molar-refractivity contribution in [1.82, 2.24) is 10.2 Å². The van der Waals surface area contributed by atoms with Crippen LogP contribution in [-0.4, -0.2) is 29.9 Å². The number of nitrogens with zero attached hydrogens (tertiary/aromatic N) is 1. The number of rotatable bonds is 2. The van der Waals surface area contributed by atoms with Crippen molar-refractivity contribution in [2.45, 2.75) is 19.5 Å². The molecule has 1 heterocycles. The lowest BCUT2D eigenvalue weighted by atomic mass is 10.1. The van der Waals surface area contributed by atoms with Gasteiger partial charge in [-0.05, 0) is 24.6 Å². The summed E-state index contributed by atoms with van der Waals surface area (Å²) in [5.41, 5.74) is 7.79. The summed E-state index contributed by atoms with van der Waals surface area (Å²) in [7, 11) is 0. The molecule has 0 aliphatic carbocycles. The number of nitrogens with one attached hydrogen (secondary N) is 1. The Bertz CT molecular complexity index is 436. The van der Waals surface area contributed by atoms with Crippen LogP contribution in [0, 0.1) is 0 Å². The molecule has 4 nitrogen and oxygen atoms in total. The van der Waals surface area contributed by atoms with E-state index >= 15 is 0 Å². The van der Waals surface area contributed by atoms with Gasteiger partial charge in [-0.15, -0.1) is 0 Å². The summed E-state index contributed by atoms with van der Waals surface area (Å²) in [5, 5.41) is 2.85. The number of halogens is 1. The molecule has 1 aliphatic heterocycles. The molecule has 0 saturated carbocycles. The number of nitrogen functional groups attached to an aromatic ring is 1. The second-order valence-electron chi connectivity index (χ2n) is 4.28. The summed E-state index contributed by atoms with van der Waals surface area (Å²) in [6.07, 6.45) is 0. The highest BCUT2D eigenvalue weighted by Crippen LogP contribution is 2.21. The molecule has 92 valence electrons. The largest absolute Gasteiger partial charge is 0.398 e. The van der Waals surface area contributed by atoms with Crippen molar-refractivity contribution >= 4 is 27.5 Å². The number of piperazine rings is 1. The van der Waals surface area contributed by atoms with Crippen molar-refractivity contribution in [1.29, 1.82) is 0 Å². The van der Waals surface area contributed by atoms with Gasteiger partial charge in [0, 0.05) is 29.8 Å². The Balaban J connectivity index is 2.12. The molecule has 1 saturated heterocycles. The predicted octanol–water partition coefficient (Wildman–Crippen LogP) is 1.35. The third-order valence-electron chi connectivity index (χ3n) is 3.11. The van der Waals surface area contributed by atoms with E-state index in [0.717, 1.165) is 22.3 Å². The van der Waals surface area contributed by atoms with Crippen LogP contribution in [0.25, 0.3) is 0 Å². The average molecular weight is 298 g/mol. The maximum Gasteiger partial charge on any atom is 0.237 e. The van der Waals surface area contributed by atoms with Crippen LogP contribution in [0.4, 0.5) is 5.69 Å². The van der Waals surface area contributed by atoms with Crippen LogP contribution >= 0.6 is 15.9 Å². The van der Waals surface area contributed by atoms with Crippen molar-refractivity contribution in [2.24, 2.45) is 0 Å². The summed E-state index contributed by atoms with van der Waals surface area (Å²) < 4.78 is 0.975. The van der Waals surface area contributed by atoms with Gasteiger partial charge in [0.15, 0.2) is 0 Å². The Labute approximate surface area is 109 Å². The zero-order valence-electron chi connectivity index (χ0n) is 9.74. The zero-order chi connectivity index (χ0) is 12.4. The second kappa shape index (κ2) is 5.06. The monoisotopic (exact) mass is 297 g/mol. The summed E-state index contributed by atoms with van der Waals surface area (Å²) >= 11 is 3.39. The van der Waals surface area contributed by atoms with Crippen LogP contribution in [0.3, 0.4) is 0 Å². The number of benzene rings is 1. The normalized spacial score (nSPS) is 21.3. The smallest absolute Gasteiger partial charge is 0.237 e. The number of hydrogen-bond acceptors (Lipinski definition) is 3. The van der Waals surface area contributed by atoms with Gasteiger partial charge in [-0.25, -0.2) is 0 Å². The van der Waals surface area contributed by atoms with Crippen LogP contribution in [0.5, 0.6) is 0 Å². The molecule has 1 aromatic carbocycles. The quantitative estimate of drug-likeness (QED) is 0.810. The first-order valence-corrected chi connectivity index (χ1v) is 6.43. The predicted molar refractivity (Wildman–Crippen MR) is 71.4 cm³/mol. The molecule has 2 rings (SSSR count). The van der Waals surface area contributed by atoms with Crippen molar-refractivity contribution in [3.05, 3.63) is 28.2 Å². The second-order valence-corrected chi connectivity index (χ2v) is 5.20. The molecule has 17 heavy (non-hydrogen) atoms. The number of hydrogen-bond donors (Lipinski definition) is 2. The van der Waals surface area contributed by atoms with E-state index in [1.54, 1.807) is 0 Å². The number of nitrogens with two attached hydrogens (primary N) is 1. The molecule has 0 bridgehead atoms. The molecule has 1 unspecified atom stereocenters. The van der Waals surface area contributed by atoms with Crippen molar-refractivity contribution in [3.8, 4) is 0 Å². The minimum Gasteiger partial charge on any atom is -0.398 e. The molecule has 0 radical (unpaired) electrons. The van der Waals surface area contributed by atoms with Gasteiger partial charge in [0.1, 0.15) is 0 Å². The first-order valence-electron chi connectivity index (χ1n) is 5.63. The van der Waals surface area contributed by atoms with Gasteiger partial charge in [-0.3, -0.25) is 9.69 Å². The van der Waals surface area contributed by atoms with Crippen LogP contribution < -0.4 is 11.1 Å². The molecule has 0 spiro atoms. The Morgan fingerprint density at radius 3 is 3.06 bits per heavy atom. The molecule has 5 heteroatoms. The standard InChI is InChI=1S/C12H16BrN3O/c1-8-12(17)15-4-5-16(8)7-9-2-3-10(13)6-11(9)14/h2-3,6,8H,4-5,7,14H2,1H3,(H,15,17). The molecular formula is C12H16BrN3O. The van der Waals surface area contributed by atoms with Gasteiger partial charge in [0.25, 0.3) is 0 Å². The fourth-order valence-corrected chi connectivity index (χ4v) is 2.35. The molecule has 1 amide bonds. The molecule has 3 N–H and O–H groups in total. The van der Waals surface area contributed by atoms with E-state index in [4.69, 9.17) is 5.73 Å². The van der Waals surface area contributed by atoms with Gasteiger partial charge >= 0.3 is 0 Å². The summed E-state index contributed by atoms with van der Waals surface area (Å²) in [4.78, 5) is 13.7. The van der Waals surface area contributed by atoms with Crippen LogP contribution in [0.15, 0.2) is 22.7 Å². The molecule has 0 aromatic heterocycles. The van der Waals surface area contributed by atoms with E-state index in [9.17, 15) is 4.79 Å². The Kier molecular flexibility index (Phi) is 3.69. The minimum absolute atomic E-state index is 0.0898. The lowest BCUT2D eigenvalue weighted by Crippen LogP contribution is -2.53. The van der Waals surface area contributed by atoms with Crippen molar-refractivity contribution < 1.29 is 4.79 Å². The maximum absolute atomic E-state index is 11.5. The van der Waals surface area contributed by atoms with Crippen LogP contribution in [0.2, 0.25) is 0 Å². The molecule has 1 aromatic rings. The first kappa shape index (κ1) is 12.4. The minimum atomic E-state index is -0.0909. The maximum atomic E-state index is 11.5. The van der Waals surface area contributed by atoms with E-state index in [1.165, 1.54) is 0 Å². The fraction of sp³-hybridized carbons (Fsp3) is 0.417. The Morgan fingerprint density at radius 2 is 2.35 bits per heavy atom. The van der Waals surface area contributed by atoms with Gasteiger partial charge in [-0.2, -0.15) is 0 Å². The zero-order valence-corrected chi connectivity index (χ0v) is 11.3. The number of carbonyl (C=O) groups is 1. The number of amides is 1. The summed E-state index contributed by atoms with van der Waals surface area (Å²) in [6, 6.07) is 5.77. The van der Waals surface area contributed by atoms with Crippen molar-refractivity contribution in [3.63, 3.8) is 0 Å². The van der Waals surface area contributed by atoms with Gasteiger partial charge < -0.3 is 11.1 Å². The third-order valence-corrected chi connectivity index (χ3v) is 3.60. The SMILES string of the molecule is CC1C(=O)NCCN1Cc1ccc(Br)cc1N. The van der Waals surface area contributed by atoms with E-state index < -0.39 is 0 Å². The van der Waals surface area contributed by atoms with Gasteiger partial charge in [-0.1, -0.05) is 22.0 Å². The highest BCUT2D eigenvalue weighted by Gasteiger charge is 2.25. The van der Waals surface area contributed by atoms with E-state index in [1.807, 2.05) is 25.1 Å². The third kappa shape index (κ3) is 2.79. The molecular weight excluding hydrogens is 282 g/mol. The average Bonchev–Trinajstić information content (AvgIpc) is 2.28. The van der Waals surface area contributed by atoms with Gasteiger partial charge in [0.2, 0.25) is 5.91 Å². The number of anilines is 1. The fourth-order valence-electron chi connectivity index (χ4n) is 1.97. The van der Waals surface area contributed by atoms with E-state index in [-0.39, 0.29) is 11.9 Å². The summed E-state index contributed by atoms with van der Waals surface area (Å²) in [5.74, 6) is 0.0898. The number of carbonyl (C=O) groups excluding carboxylic acids is 1. The highest BCUT2D eigenvalue weighted by molar-refractivity contribution is 9.10. The van der Waals surface area contributed by atoms with E-state index in [0.29, 0.717) is 13.1 Å². The summed E-state index contributed by atoms with van der Waals surface area (Å²) in [6.45, 7) is 4.21. The van der Waals surface area contributed by atoms with Crippen LogP contribution in [0.1, 0.15) is 12.5 Å². The Morgan fingerprint density at radius 1 is 1.59 bits per heavy atom. The lowest BCUT2D eigenvalue weighted by Gasteiger charge is -2.33. The first-order chi connectivity index (χ1) is 8.08. The van der Waals surface area contributed by atoms with Crippen molar-refractivity contribution in [2.75, 3.05) is 18.8 Å². The molecule has 1 atom stereocenters. The van der Waals surface area contributed by atoms with E-state index in [2.05, 4.69) is 26.1 Å². The molecule has 1 aliphatic rings. The Hall–Kier alpha value is -1.07. The highest BCUT2D eigenvalue weighted by atomic mass is 79.9. The van der Waals surface area contributed by atoms with Crippen LogP contribution in [-0.2, 0) is 11.3 Å². The topological polar surface area (TPSA) is 58.4 Å². The van der Waals surface area contributed by atoms with Gasteiger partial charge in [0.05, 0.1) is 6.04 Å².